The van der Waals surface area contributed by atoms with Crippen molar-refractivity contribution in [1.82, 2.24) is 18.7 Å². The number of amides is 10. The van der Waals surface area contributed by atoms with Crippen molar-refractivity contribution in [1.29, 1.82) is 0 Å². The first kappa shape index (κ1) is 50.2. The highest BCUT2D eigenvalue weighted by Crippen LogP contribution is 2.56. The van der Waals surface area contributed by atoms with Crippen LogP contribution in [0, 0.1) is 23.5 Å². The zero-order chi connectivity index (χ0) is 54.2. The summed E-state index contributed by atoms with van der Waals surface area (Å²) in [5, 5.41) is 5.10. The van der Waals surface area contributed by atoms with E-state index in [4.69, 9.17) is 0 Å². The number of hydrogen-bond donors (Lipinski definition) is 2. The molecule has 11 rings (SSSR count). The number of anilines is 2. The van der Waals surface area contributed by atoms with E-state index in [-0.39, 0.29) is 70.4 Å². The highest BCUT2D eigenvalue weighted by Gasteiger charge is 2.48. The number of nitrogens with one attached hydrogen (secondary N) is 2. The van der Waals surface area contributed by atoms with Crippen LogP contribution in [-0.2, 0) is 24.6 Å². The Morgan fingerprint density at radius 1 is 0.506 bits per heavy atom. The highest BCUT2D eigenvalue weighted by molar-refractivity contribution is 7.37. The Hall–Kier alpha value is -8.98. The number of hydrogen-bond acceptors (Lipinski definition) is 10. The molecule has 4 heterocycles. The third kappa shape index (κ3) is 8.10. The molecule has 1 aliphatic carbocycles. The van der Waals surface area contributed by atoms with Gasteiger partial charge < -0.3 is 10.6 Å². The van der Waals surface area contributed by atoms with Crippen molar-refractivity contribution >= 4 is 88.2 Å². The van der Waals surface area contributed by atoms with E-state index in [0.717, 1.165) is 29.8 Å². The molecule has 0 saturated carbocycles. The van der Waals surface area contributed by atoms with E-state index in [9.17, 15) is 47.9 Å². The van der Waals surface area contributed by atoms with E-state index in [1.807, 2.05) is 36.4 Å². The number of rotatable bonds is 14. The van der Waals surface area contributed by atoms with Crippen LogP contribution in [-0.4, -0.2) is 77.8 Å². The quantitative estimate of drug-likeness (QED) is 0.0600. The molecule has 0 aromatic heterocycles. The molecule has 0 bridgehead atoms. The van der Waals surface area contributed by atoms with E-state index in [0.29, 0.717) is 22.3 Å². The van der Waals surface area contributed by atoms with Crippen molar-refractivity contribution in [3.8, 4) is 11.1 Å². The molecule has 20 heteroatoms. The molecule has 0 spiro atoms. The molecule has 382 valence electrons. The van der Waals surface area contributed by atoms with Crippen LogP contribution in [0.25, 0.3) is 11.1 Å². The Kier molecular flexibility index (Phi) is 12.6. The van der Waals surface area contributed by atoms with Gasteiger partial charge in [-0.25, -0.2) is 27.5 Å². The van der Waals surface area contributed by atoms with Gasteiger partial charge >= 0.3 is 0 Å². The summed E-state index contributed by atoms with van der Waals surface area (Å²) in [4.78, 5) is 132. The summed E-state index contributed by atoms with van der Waals surface area (Å²) in [6, 6.07) is 30.6. The summed E-state index contributed by atoms with van der Waals surface area (Å²) in [6.07, 6.45) is 3.38. The van der Waals surface area contributed by atoms with Gasteiger partial charge in [0.1, 0.15) is 29.4 Å². The summed E-state index contributed by atoms with van der Waals surface area (Å²) in [6.45, 7) is 7.22. The summed E-state index contributed by atoms with van der Waals surface area (Å²) in [5.74, 6) is -9.88. The second kappa shape index (κ2) is 19.3. The first-order valence-electron chi connectivity index (χ1n) is 24.0. The lowest BCUT2D eigenvalue weighted by molar-refractivity contribution is -0.134. The Morgan fingerprint density at radius 2 is 0.896 bits per heavy atom. The molecule has 4 unspecified atom stereocenters. The second-order valence-electron chi connectivity index (χ2n) is 18.7. The maximum Gasteiger partial charge on any atom is 0.266 e. The molecule has 6 aromatic rings. The zero-order valence-electron chi connectivity index (χ0n) is 40.2. The van der Waals surface area contributed by atoms with E-state index in [1.54, 1.807) is 24.3 Å². The maximum atomic E-state index is 16.7. The number of fused-ring (bicyclic) bond motifs is 5. The van der Waals surface area contributed by atoms with E-state index < -0.39 is 106 Å². The van der Waals surface area contributed by atoms with Gasteiger partial charge in [0, 0.05) is 24.0 Å². The molecule has 16 nitrogen and oxygen atoms in total. The Morgan fingerprint density at radius 3 is 1.29 bits per heavy atom. The number of imide groups is 4. The molecule has 4 atom stereocenters. The monoisotopic (exact) mass is 1070 g/mol. The van der Waals surface area contributed by atoms with Crippen molar-refractivity contribution in [2.24, 2.45) is 11.8 Å². The molecular formula is C57H40F2N6O10P2. The van der Waals surface area contributed by atoms with Crippen molar-refractivity contribution < 1.29 is 56.7 Å². The van der Waals surface area contributed by atoms with Gasteiger partial charge in [0.15, 0.2) is 0 Å². The predicted octanol–water partition coefficient (Wildman–Crippen LogP) is 8.94. The van der Waals surface area contributed by atoms with Gasteiger partial charge in [-0.2, -0.15) is 0 Å². The molecule has 6 aromatic carbocycles. The summed E-state index contributed by atoms with van der Waals surface area (Å²) in [5.41, 5.74) is 1.23. The number of allylic oxidation sites excluding steroid dienone is 2. The normalized spacial score (nSPS) is 18.3. The van der Waals surface area contributed by atoms with Crippen LogP contribution < -0.4 is 10.6 Å². The van der Waals surface area contributed by atoms with Crippen LogP contribution in [0.1, 0.15) is 110 Å². The minimum Gasteiger partial charge on any atom is -0.319 e. The SMILES string of the molecule is C=CCC1CC(=O)N(PN2C(=O)c3ccc(C(=O)Nc4ccc(C5(c6ccc(NC(=O)c7ccc8c(c7)C(=O)N(PN7C(=O)CC(CC=C)C7=O)C8=O)c(F)c6)c6ccccc6-c6ccccc65)cc4F)cc3C2=O)C1=O. The van der Waals surface area contributed by atoms with Crippen molar-refractivity contribution in [2.45, 2.75) is 31.1 Å². The zero-order valence-corrected chi connectivity index (χ0v) is 42.2. The minimum atomic E-state index is -1.37. The Balaban J connectivity index is 0.851. The molecular weight excluding hydrogens is 1030 g/mol. The van der Waals surface area contributed by atoms with Gasteiger partial charge in [-0.3, -0.25) is 47.9 Å². The average Bonchev–Trinajstić information content (AvgIpc) is 4.28. The van der Waals surface area contributed by atoms with E-state index in [1.165, 1.54) is 72.8 Å². The van der Waals surface area contributed by atoms with Crippen LogP contribution in [0.3, 0.4) is 0 Å². The van der Waals surface area contributed by atoms with Gasteiger partial charge in [0.25, 0.3) is 35.4 Å². The number of carbonyl (C=O) groups excluding carboxylic acids is 10. The summed E-state index contributed by atoms with van der Waals surface area (Å²) >= 11 is 0. The van der Waals surface area contributed by atoms with E-state index in [2.05, 4.69) is 23.8 Å². The molecule has 2 N–H and O–H groups in total. The number of carbonyl (C=O) groups is 10. The van der Waals surface area contributed by atoms with Crippen LogP contribution in [0.5, 0.6) is 0 Å². The number of nitrogens with zero attached hydrogens (tertiary/aromatic N) is 4. The molecule has 77 heavy (non-hydrogen) atoms. The van der Waals surface area contributed by atoms with E-state index >= 15 is 8.78 Å². The Bertz CT molecular complexity index is 3510. The molecule has 4 aliphatic heterocycles. The van der Waals surface area contributed by atoms with Gasteiger partial charge in [0.2, 0.25) is 23.6 Å². The fourth-order valence-electron chi connectivity index (χ4n) is 10.6. The molecule has 2 saturated heterocycles. The third-order valence-corrected chi connectivity index (χ3v) is 16.9. The minimum absolute atomic E-state index is 0.0400. The first-order valence-corrected chi connectivity index (χ1v) is 25.8. The van der Waals surface area contributed by atoms with Crippen LogP contribution >= 0.6 is 17.8 Å². The fourth-order valence-corrected chi connectivity index (χ4v) is 12.8. The lowest BCUT2D eigenvalue weighted by Crippen LogP contribution is -2.31. The van der Waals surface area contributed by atoms with Gasteiger partial charge in [-0.05, 0) is 107 Å². The fraction of sp³-hybridized carbons (Fsp3) is 0.123. The summed E-state index contributed by atoms with van der Waals surface area (Å²) in [7, 11) is -1.84. The van der Waals surface area contributed by atoms with Crippen LogP contribution in [0.2, 0.25) is 0 Å². The van der Waals surface area contributed by atoms with Gasteiger partial charge in [0.05, 0.1) is 50.9 Å². The maximum absolute atomic E-state index is 16.7. The largest absolute Gasteiger partial charge is 0.319 e. The number of benzene rings is 6. The molecule has 2 fully saturated rings. The van der Waals surface area contributed by atoms with Crippen LogP contribution in [0.4, 0.5) is 20.2 Å². The Labute approximate surface area is 440 Å². The van der Waals surface area contributed by atoms with Gasteiger partial charge in [-0.1, -0.05) is 72.8 Å². The standard InChI is InChI=1S/C57H40F2N6O10P2/c1-3-9-31-25-47(66)62(51(31)70)76-64-53(72)37-19-15-29(23-39(37)55(64)74)49(68)60-45-21-17-33(27-43(45)58)57(41-13-7-5-11-35(41)36-12-6-8-14-42(36)57)34-18-22-46(44(59)28-34)61-50(69)30-16-20-38-40(24-30)56(75)65(54(38)73)77-63-48(67)26-32(10-4-2)52(63)71/h3-8,11-24,27-28,31-32,76-77H,1-2,9-10,25-26H2,(H,60,68)(H,61,69). The molecule has 0 radical (unpaired) electrons. The first-order chi connectivity index (χ1) is 37.0. The summed E-state index contributed by atoms with van der Waals surface area (Å²) < 4.78 is 36.8. The van der Waals surface area contributed by atoms with Crippen molar-refractivity contribution in [3.05, 3.63) is 214 Å². The van der Waals surface area contributed by atoms with Gasteiger partial charge in [-0.15, -0.1) is 13.2 Å². The molecule has 10 amide bonds. The topological polar surface area (TPSA) is 208 Å². The lowest BCUT2D eigenvalue weighted by Gasteiger charge is -2.34. The van der Waals surface area contributed by atoms with Crippen molar-refractivity contribution in [3.63, 3.8) is 0 Å². The molecule has 5 aliphatic rings. The third-order valence-electron chi connectivity index (χ3n) is 14.3. The lowest BCUT2D eigenvalue weighted by atomic mass is 9.67. The smallest absolute Gasteiger partial charge is 0.266 e. The average molecular weight is 1070 g/mol. The number of halogens is 2. The predicted molar refractivity (Wildman–Crippen MR) is 280 cm³/mol. The second-order valence-corrected chi connectivity index (χ2v) is 20.9. The van der Waals surface area contributed by atoms with Crippen LogP contribution in [0.15, 0.2) is 147 Å². The van der Waals surface area contributed by atoms with Crippen molar-refractivity contribution in [2.75, 3.05) is 10.6 Å². The highest BCUT2D eigenvalue weighted by atomic mass is 31.1.